The second-order valence-electron chi connectivity index (χ2n) is 6.09. The number of aryl methyl sites for hydroxylation is 2. The largest absolute Gasteiger partial charge is 0.374 e. The number of benzene rings is 1. The van der Waals surface area contributed by atoms with Crippen LogP contribution < -0.4 is 5.73 Å². The number of fused-ring (bicyclic) bond motifs is 3. The zero-order valence-electron chi connectivity index (χ0n) is 14.2. The highest BCUT2D eigenvalue weighted by atomic mass is 32.2. The molecule has 0 radical (unpaired) electrons. The average Bonchev–Trinajstić information content (AvgIpc) is 3.37. The lowest BCUT2D eigenvalue weighted by Gasteiger charge is -2.06. The van der Waals surface area contributed by atoms with E-state index >= 15 is 0 Å². The molecule has 5 rings (SSSR count). The van der Waals surface area contributed by atoms with Gasteiger partial charge in [-0.25, -0.2) is 9.97 Å². The predicted molar refractivity (Wildman–Crippen MR) is 114 cm³/mol. The van der Waals surface area contributed by atoms with Gasteiger partial charge >= 0.3 is 0 Å². The van der Waals surface area contributed by atoms with Crippen molar-refractivity contribution in [1.29, 1.82) is 0 Å². The lowest BCUT2D eigenvalue weighted by molar-refractivity contribution is 0.913. The molecular weight excluding hydrogens is 415 g/mol. The normalized spacial score (nSPS) is 13.3. The molecule has 136 valence electrons. The van der Waals surface area contributed by atoms with E-state index in [1.165, 1.54) is 38.5 Å². The van der Waals surface area contributed by atoms with Crippen molar-refractivity contribution in [2.24, 2.45) is 0 Å². The summed E-state index contributed by atoms with van der Waals surface area (Å²) in [5.74, 6) is 1.60. The quantitative estimate of drug-likeness (QED) is 0.351. The molecule has 0 aliphatic heterocycles. The van der Waals surface area contributed by atoms with Crippen LogP contribution in [0.25, 0.3) is 10.2 Å². The van der Waals surface area contributed by atoms with Crippen molar-refractivity contribution in [3.05, 3.63) is 46.6 Å². The van der Waals surface area contributed by atoms with Crippen LogP contribution in [-0.4, -0.2) is 20.2 Å². The zero-order valence-corrected chi connectivity index (χ0v) is 17.5. The van der Waals surface area contributed by atoms with Crippen LogP contribution in [0.5, 0.6) is 0 Å². The van der Waals surface area contributed by atoms with E-state index in [9.17, 15) is 0 Å². The van der Waals surface area contributed by atoms with E-state index in [4.69, 9.17) is 15.7 Å². The number of thioether (sulfide) groups is 1. The molecule has 0 amide bonds. The van der Waals surface area contributed by atoms with Crippen LogP contribution in [-0.2, 0) is 18.6 Å². The van der Waals surface area contributed by atoms with Crippen LogP contribution in [0.15, 0.2) is 44.6 Å². The second kappa shape index (κ2) is 7.38. The van der Waals surface area contributed by atoms with Gasteiger partial charge in [0, 0.05) is 15.2 Å². The van der Waals surface area contributed by atoms with E-state index in [-0.39, 0.29) is 0 Å². The molecule has 0 saturated heterocycles. The summed E-state index contributed by atoms with van der Waals surface area (Å²) in [7, 11) is 0. The van der Waals surface area contributed by atoms with Crippen LogP contribution in [0.2, 0.25) is 0 Å². The standard InChI is InChI=1S/C18H15N5S4/c19-17-22-23-18(27-17)26-16-14-11-7-4-8-12(11)25-15(14)20-13(21-16)9-24-10-5-2-1-3-6-10/h1-3,5-6H,4,7-9H2,(H2,19,22). The van der Waals surface area contributed by atoms with Crippen molar-refractivity contribution in [2.75, 3.05) is 5.73 Å². The van der Waals surface area contributed by atoms with Crippen molar-refractivity contribution in [2.45, 2.75) is 39.3 Å². The van der Waals surface area contributed by atoms with Crippen molar-refractivity contribution in [1.82, 2.24) is 20.2 Å². The minimum Gasteiger partial charge on any atom is -0.374 e. The maximum Gasteiger partial charge on any atom is 0.203 e. The predicted octanol–water partition coefficient (Wildman–Crippen LogP) is 5.06. The molecule has 5 nitrogen and oxygen atoms in total. The van der Waals surface area contributed by atoms with Crippen LogP contribution in [0.4, 0.5) is 5.13 Å². The van der Waals surface area contributed by atoms with Gasteiger partial charge in [0.1, 0.15) is 15.7 Å². The lowest BCUT2D eigenvalue weighted by atomic mass is 10.2. The average molecular weight is 430 g/mol. The van der Waals surface area contributed by atoms with E-state index in [0.717, 1.165) is 38.6 Å². The number of hydrogen-bond acceptors (Lipinski definition) is 9. The molecule has 0 bridgehead atoms. The number of thiophene rings is 1. The Morgan fingerprint density at radius 3 is 2.74 bits per heavy atom. The third kappa shape index (κ3) is 3.56. The molecule has 0 saturated carbocycles. The van der Waals surface area contributed by atoms with E-state index < -0.39 is 0 Å². The summed E-state index contributed by atoms with van der Waals surface area (Å²) in [5.41, 5.74) is 7.18. The van der Waals surface area contributed by atoms with E-state index in [2.05, 4.69) is 34.5 Å². The Labute approximate surface area is 172 Å². The van der Waals surface area contributed by atoms with Gasteiger partial charge in [-0.15, -0.1) is 33.3 Å². The van der Waals surface area contributed by atoms with Crippen molar-refractivity contribution >= 4 is 61.5 Å². The molecule has 1 aromatic carbocycles. The van der Waals surface area contributed by atoms with Gasteiger partial charge in [0.05, 0.1) is 5.75 Å². The Hall–Kier alpha value is -1.68. The summed E-state index contributed by atoms with van der Waals surface area (Å²) in [4.78, 5) is 13.6. The Kier molecular flexibility index (Phi) is 4.76. The fourth-order valence-electron chi connectivity index (χ4n) is 3.15. The van der Waals surface area contributed by atoms with Gasteiger partial charge in [0.2, 0.25) is 5.13 Å². The summed E-state index contributed by atoms with van der Waals surface area (Å²) in [6.07, 6.45) is 3.49. The molecular formula is C18H15N5S4. The minimum atomic E-state index is 0.484. The number of nitrogens with zero attached hydrogens (tertiary/aromatic N) is 4. The highest BCUT2D eigenvalue weighted by Gasteiger charge is 2.23. The van der Waals surface area contributed by atoms with E-state index in [1.54, 1.807) is 23.5 Å². The first kappa shape index (κ1) is 17.4. The Morgan fingerprint density at radius 2 is 1.93 bits per heavy atom. The maximum atomic E-state index is 5.75. The fourth-order valence-corrected chi connectivity index (χ4v) is 6.99. The van der Waals surface area contributed by atoms with Crippen LogP contribution in [0.3, 0.4) is 0 Å². The molecule has 0 fully saturated rings. The van der Waals surface area contributed by atoms with Gasteiger partial charge in [-0.05, 0) is 48.7 Å². The molecule has 9 heteroatoms. The summed E-state index contributed by atoms with van der Waals surface area (Å²) in [5, 5.41) is 10.8. The number of nitrogen functional groups attached to an aromatic ring is 1. The van der Waals surface area contributed by atoms with Crippen molar-refractivity contribution < 1.29 is 0 Å². The molecule has 0 atom stereocenters. The van der Waals surface area contributed by atoms with Gasteiger partial charge in [0.15, 0.2) is 4.34 Å². The first-order valence-corrected chi connectivity index (χ1v) is 12.0. The van der Waals surface area contributed by atoms with E-state index in [1.807, 2.05) is 17.4 Å². The third-order valence-electron chi connectivity index (χ3n) is 4.30. The molecule has 1 aliphatic carbocycles. The highest BCUT2D eigenvalue weighted by Crippen LogP contribution is 2.43. The van der Waals surface area contributed by atoms with Crippen LogP contribution in [0, 0.1) is 0 Å². The number of rotatable bonds is 5. The van der Waals surface area contributed by atoms with Crippen molar-refractivity contribution in [3.63, 3.8) is 0 Å². The number of hydrogen-bond donors (Lipinski definition) is 1. The van der Waals surface area contributed by atoms with Gasteiger partial charge < -0.3 is 5.73 Å². The van der Waals surface area contributed by atoms with Gasteiger partial charge in [-0.2, -0.15) is 0 Å². The number of aromatic nitrogens is 4. The van der Waals surface area contributed by atoms with Gasteiger partial charge in [-0.3, -0.25) is 0 Å². The molecule has 2 N–H and O–H groups in total. The Morgan fingerprint density at radius 1 is 1.04 bits per heavy atom. The van der Waals surface area contributed by atoms with Gasteiger partial charge in [-0.1, -0.05) is 29.5 Å². The molecule has 0 unspecified atom stereocenters. The van der Waals surface area contributed by atoms with Crippen LogP contribution in [0.1, 0.15) is 22.7 Å². The first-order valence-electron chi connectivity index (χ1n) is 8.52. The molecule has 27 heavy (non-hydrogen) atoms. The Balaban J connectivity index is 1.52. The molecule has 1 aliphatic rings. The summed E-state index contributed by atoms with van der Waals surface area (Å²) >= 11 is 6.53. The lowest BCUT2D eigenvalue weighted by Crippen LogP contribution is -1.96. The highest BCUT2D eigenvalue weighted by molar-refractivity contribution is 8.01. The molecule has 0 spiro atoms. The first-order chi connectivity index (χ1) is 13.3. The second-order valence-corrected chi connectivity index (χ2v) is 10.5. The van der Waals surface area contributed by atoms with Crippen LogP contribution >= 0.6 is 46.2 Å². The summed E-state index contributed by atoms with van der Waals surface area (Å²) in [6.45, 7) is 0. The minimum absolute atomic E-state index is 0.484. The van der Waals surface area contributed by atoms with Crippen molar-refractivity contribution in [3.8, 4) is 0 Å². The topological polar surface area (TPSA) is 77.6 Å². The monoisotopic (exact) mass is 429 g/mol. The summed E-state index contributed by atoms with van der Waals surface area (Å²) in [6, 6.07) is 10.4. The van der Waals surface area contributed by atoms with E-state index in [0.29, 0.717) is 5.13 Å². The number of anilines is 1. The molecule has 3 heterocycles. The SMILES string of the molecule is Nc1nnc(Sc2nc(CSc3ccccc3)nc3sc4c(c23)CCC4)s1. The zero-order chi connectivity index (χ0) is 18.2. The molecule has 4 aromatic rings. The van der Waals surface area contributed by atoms with Gasteiger partial charge in [0.25, 0.3) is 0 Å². The molecule has 3 aromatic heterocycles. The smallest absolute Gasteiger partial charge is 0.203 e. The number of nitrogens with two attached hydrogens (primary N) is 1. The summed E-state index contributed by atoms with van der Waals surface area (Å²) < 4.78 is 0.826. The fraction of sp³-hybridized carbons (Fsp3) is 0.222. The maximum absolute atomic E-state index is 5.75. The third-order valence-corrected chi connectivity index (χ3v) is 8.28. The Bertz CT molecular complexity index is 1110.